The Kier molecular flexibility index (Phi) is 8.98. The molecule has 0 spiro atoms. The van der Waals surface area contributed by atoms with Crippen LogP contribution < -0.4 is 4.74 Å². The van der Waals surface area contributed by atoms with Gasteiger partial charge in [0.15, 0.2) is 23.3 Å². The Balaban J connectivity index is 1.29. The molecule has 0 saturated heterocycles. The van der Waals surface area contributed by atoms with Gasteiger partial charge in [-0.3, -0.25) is 0 Å². The second-order valence-corrected chi connectivity index (χ2v) is 19.6. The molecule has 0 atom stereocenters. The number of fused-ring (bicyclic) bond motifs is 20. The van der Waals surface area contributed by atoms with E-state index in [0.717, 1.165) is 54.9 Å². The standard InChI is InChI=1S/C52H50N8O2/c1-50(2,3)30-14-18-34-38(22-30)46-54-42(34)53-45-37-21-17-33(62-27-29-13-11-10-12-28(29)26-61)25-41(37)49(59-45)60-48-40-24-32(52(7,8)9)16-20-36(40)44(58-48)57-47-39-23-31(51(4,5)6)15-19-35(39)43(55-46)56-47/h10-25,61H,26-27H2,1-9H3,(H2,53,54,55,56,57,58,59,60). The largest absolute Gasteiger partial charge is 0.489 e. The maximum atomic E-state index is 9.97. The van der Waals surface area contributed by atoms with Crippen LogP contribution in [0.1, 0.15) is 90.1 Å². The van der Waals surface area contributed by atoms with Crippen LogP contribution >= 0.6 is 0 Å². The number of benzene rings is 5. The Bertz CT molecular complexity index is 3300. The van der Waals surface area contributed by atoms with Crippen molar-refractivity contribution in [1.29, 1.82) is 0 Å². The Morgan fingerprint density at radius 2 is 0.855 bits per heavy atom. The van der Waals surface area contributed by atoms with E-state index in [2.05, 4.69) is 127 Å². The Labute approximate surface area is 360 Å². The molecule has 8 bridgehead atoms. The minimum Gasteiger partial charge on any atom is -0.489 e. The van der Waals surface area contributed by atoms with E-state index in [1.807, 2.05) is 42.5 Å². The van der Waals surface area contributed by atoms with Crippen molar-refractivity contribution in [1.82, 2.24) is 39.9 Å². The molecule has 0 aliphatic carbocycles. The van der Waals surface area contributed by atoms with E-state index < -0.39 is 0 Å². The quantitative estimate of drug-likeness (QED) is 0.160. The molecule has 0 saturated carbocycles. The summed E-state index contributed by atoms with van der Waals surface area (Å²) in [6.07, 6.45) is 0. The van der Waals surface area contributed by atoms with Crippen molar-refractivity contribution in [2.24, 2.45) is 0 Å². The number of aromatic amines is 2. The van der Waals surface area contributed by atoms with E-state index in [0.29, 0.717) is 58.2 Å². The lowest BCUT2D eigenvalue weighted by Gasteiger charge is -2.19. The molecule has 0 fully saturated rings. The van der Waals surface area contributed by atoms with E-state index in [1.165, 1.54) is 16.7 Å². The maximum absolute atomic E-state index is 9.97. The normalized spacial score (nSPS) is 12.8. The average Bonchev–Trinajstić information content (AvgIpc) is 3.96. The van der Waals surface area contributed by atoms with Crippen LogP contribution in [0.4, 0.5) is 0 Å². The third-order valence-electron chi connectivity index (χ3n) is 12.1. The summed E-state index contributed by atoms with van der Waals surface area (Å²) in [5, 5.41) is 13.7. The third-order valence-corrected chi connectivity index (χ3v) is 12.1. The molecule has 2 aliphatic heterocycles. The lowest BCUT2D eigenvalue weighted by molar-refractivity contribution is 0.269. The Morgan fingerprint density at radius 3 is 1.35 bits per heavy atom. The number of hydrogen-bond acceptors (Lipinski definition) is 8. The van der Waals surface area contributed by atoms with Gasteiger partial charge in [-0.05, 0) is 80.5 Å². The van der Waals surface area contributed by atoms with Crippen LogP contribution in [0.2, 0.25) is 0 Å². The van der Waals surface area contributed by atoms with Crippen LogP contribution in [0.5, 0.6) is 5.75 Å². The van der Waals surface area contributed by atoms with Gasteiger partial charge in [0.2, 0.25) is 0 Å². The predicted octanol–water partition coefficient (Wildman–Crippen LogP) is 11.8. The summed E-state index contributed by atoms with van der Waals surface area (Å²) < 4.78 is 6.37. The van der Waals surface area contributed by atoms with Crippen molar-refractivity contribution in [3.05, 3.63) is 125 Å². The molecule has 10 nitrogen and oxygen atoms in total. The Hall–Kier alpha value is -6.78. The van der Waals surface area contributed by atoms with Gasteiger partial charge in [0.25, 0.3) is 0 Å². The highest BCUT2D eigenvalue weighted by Crippen LogP contribution is 2.41. The number of ether oxygens (including phenoxy) is 1. The van der Waals surface area contributed by atoms with E-state index in [-0.39, 0.29) is 22.9 Å². The summed E-state index contributed by atoms with van der Waals surface area (Å²) in [6, 6.07) is 33.1. The summed E-state index contributed by atoms with van der Waals surface area (Å²) in [6.45, 7) is 20.2. The molecule has 3 N–H and O–H groups in total. The fraction of sp³-hybridized carbons (Fsp3) is 0.269. The number of aliphatic hydroxyl groups excluding tert-OH is 1. The van der Waals surface area contributed by atoms with Crippen molar-refractivity contribution < 1.29 is 9.84 Å². The summed E-state index contributed by atoms with van der Waals surface area (Å²) >= 11 is 0. The molecule has 310 valence electrons. The number of hydrogen-bond donors (Lipinski definition) is 3. The molecule has 0 amide bonds. The van der Waals surface area contributed by atoms with E-state index in [1.54, 1.807) is 0 Å². The zero-order valence-electron chi connectivity index (χ0n) is 36.7. The molecule has 8 aromatic rings. The molecule has 10 rings (SSSR count). The van der Waals surface area contributed by atoms with Crippen LogP contribution in [-0.4, -0.2) is 45.0 Å². The summed E-state index contributed by atoms with van der Waals surface area (Å²) in [5.74, 6) is 2.81. The third kappa shape index (κ3) is 6.88. The van der Waals surface area contributed by atoms with Gasteiger partial charge in [0, 0.05) is 43.8 Å². The first-order valence-electron chi connectivity index (χ1n) is 21.2. The number of aromatic nitrogens is 8. The van der Waals surface area contributed by atoms with Crippen LogP contribution in [0.3, 0.4) is 0 Å². The number of aliphatic hydroxyl groups is 1. The first-order valence-corrected chi connectivity index (χ1v) is 21.2. The molecule has 10 heteroatoms. The fourth-order valence-electron chi connectivity index (χ4n) is 8.28. The zero-order valence-corrected chi connectivity index (χ0v) is 36.7. The molecule has 0 radical (unpaired) electrons. The minimum atomic E-state index is -0.109. The van der Waals surface area contributed by atoms with Crippen LogP contribution in [0.15, 0.2) is 97.1 Å². The van der Waals surface area contributed by atoms with Crippen molar-refractivity contribution in [3.8, 4) is 51.3 Å². The first kappa shape index (κ1) is 39.4. The van der Waals surface area contributed by atoms with Crippen molar-refractivity contribution in [3.63, 3.8) is 0 Å². The van der Waals surface area contributed by atoms with Crippen LogP contribution in [0, 0.1) is 0 Å². The highest BCUT2D eigenvalue weighted by atomic mass is 16.5. The number of nitrogens with one attached hydrogen (secondary N) is 2. The molecular weight excluding hydrogens is 769 g/mol. The molecular formula is C52H50N8O2. The average molecular weight is 819 g/mol. The number of nitrogens with zero attached hydrogens (tertiary/aromatic N) is 6. The summed E-state index contributed by atoms with van der Waals surface area (Å²) in [4.78, 5) is 38.8. The van der Waals surface area contributed by atoms with Gasteiger partial charge in [0.1, 0.15) is 34.9 Å². The number of rotatable bonds is 4. The van der Waals surface area contributed by atoms with Gasteiger partial charge in [-0.1, -0.05) is 123 Å². The second-order valence-electron chi connectivity index (χ2n) is 19.6. The minimum absolute atomic E-state index is 0.0639. The Morgan fingerprint density at radius 1 is 0.435 bits per heavy atom. The van der Waals surface area contributed by atoms with E-state index in [4.69, 9.17) is 34.6 Å². The second kappa shape index (κ2) is 14.1. The van der Waals surface area contributed by atoms with Crippen LogP contribution in [0.25, 0.3) is 89.7 Å². The molecule has 5 aromatic carbocycles. The van der Waals surface area contributed by atoms with Crippen molar-refractivity contribution >= 4 is 44.1 Å². The molecule has 2 aliphatic rings. The van der Waals surface area contributed by atoms with Gasteiger partial charge in [-0.25, -0.2) is 29.9 Å². The first-order chi connectivity index (χ1) is 29.5. The van der Waals surface area contributed by atoms with Gasteiger partial charge >= 0.3 is 0 Å². The smallest absolute Gasteiger partial charge is 0.164 e. The SMILES string of the molecule is CC(C)(C)c1ccc2c(c1)-c1nc-2nc2[nH]c(nc3nc(nc4[nH]c(n1)c1ccc(C(C)(C)C)cc41)-c1cc(OCc4ccccc4CO)ccc1-3)c1ccc(C(C)(C)C)cc21. The van der Waals surface area contributed by atoms with E-state index >= 15 is 0 Å². The fourth-order valence-corrected chi connectivity index (χ4v) is 8.28. The lowest BCUT2D eigenvalue weighted by Crippen LogP contribution is -2.10. The van der Waals surface area contributed by atoms with Crippen molar-refractivity contribution in [2.45, 2.75) is 91.8 Å². The maximum Gasteiger partial charge on any atom is 0.164 e. The van der Waals surface area contributed by atoms with Gasteiger partial charge < -0.3 is 19.8 Å². The van der Waals surface area contributed by atoms with Crippen molar-refractivity contribution in [2.75, 3.05) is 0 Å². The summed E-state index contributed by atoms with van der Waals surface area (Å²) in [5.41, 5.74) is 11.0. The van der Waals surface area contributed by atoms with Crippen LogP contribution in [-0.2, 0) is 29.5 Å². The predicted molar refractivity (Wildman–Crippen MR) is 249 cm³/mol. The monoisotopic (exact) mass is 818 g/mol. The molecule has 62 heavy (non-hydrogen) atoms. The number of H-pyrrole nitrogens is 2. The van der Waals surface area contributed by atoms with Gasteiger partial charge in [0.05, 0.1) is 6.61 Å². The van der Waals surface area contributed by atoms with Gasteiger partial charge in [-0.15, -0.1) is 0 Å². The highest BCUT2D eigenvalue weighted by molar-refractivity contribution is 6.07. The highest BCUT2D eigenvalue weighted by Gasteiger charge is 2.26. The molecule has 0 unspecified atom stereocenters. The van der Waals surface area contributed by atoms with E-state index in [9.17, 15) is 5.11 Å². The summed E-state index contributed by atoms with van der Waals surface area (Å²) in [7, 11) is 0. The topological polar surface area (TPSA) is 138 Å². The zero-order chi connectivity index (χ0) is 43.3. The molecule has 3 aromatic heterocycles. The molecule has 5 heterocycles. The van der Waals surface area contributed by atoms with Gasteiger partial charge in [-0.2, -0.15) is 0 Å². The lowest BCUT2D eigenvalue weighted by atomic mass is 9.85.